The molecule has 0 unspecified atom stereocenters. The zero-order valence-electron chi connectivity index (χ0n) is 31.8. The van der Waals surface area contributed by atoms with Gasteiger partial charge in [0.25, 0.3) is 0 Å². The molecule has 0 saturated carbocycles. The zero-order valence-corrected chi connectivity index (χ0v) is 31.8. The van der Waals surface area contributed by atoms with Gasteiger partial charge in [-0.3, -0.25) is 0 Å². The van der Waals surface area contributed by atoms with Crippen molar-refractivity contribution in [2.24, 2.45) is 0 Å². The van der Waals surface area contributed by atoms with Gasteiger partial charge in [-0.1, -0.05) is 218 Å². The van der Waals surface area contributed by atoms with Crippen molar-refractivity contribution in [1.29, 1.82) is 0 Å². The molecule has 1 aliphatic rings. The van der Waals surface area contributed by atoms with Crippen molar-refractivity contribution >= 4 is 43.1 Å². The van der Waals surface area contributed by atoms with Crippen molar-refractivity contribution in [1.82, 2.24) is 0 Å². The number of hydrogen-bond acceptors (Lipinski definition) is 0. The van der Waals surface area contributed by atoms with Gasteiger partial charge in [0.1, 0.15) is 0 Å². The van der Waals surface area contributed by atoms with Gasteiger partial charge in [-0.25, -0.2) is 0 Å². The average Bonchev–Trinajstić information content (AvgIpc) is 3.63. The highest BCUT2D eigenvalue weighted by molar-refractivity contribution is 6.29. The van der Waals surface area contributed by atoms with Gasteiger partial charge in [-0.2, -0.15) is 0 Å². The van der Waals surface area contributed by atoms with Crippen molar-refractivity contribution in [3.63, 3.8) is 0 Å². The maximum absolute atomic E-state index is 2.37. The standard InChI is InChI=1S/C58H36/c1-4-23-40-37(17-1)20-13-32-43(40)45-26-7-10-29-50(45)56-54(48-34-15-22-39-19-3-6-25-42(39)48)53-36-16-35-49-47-28-9-12-31-52(47)57(55(49)53)58(56)51-30-11-8-27-46(51)44-33-14-21-38-18-2-5-24-41(38)44/h1-36H. The Morgan fingerprint density at radius 2 is 0.448 bits per heavy atom. The van der Waals surface area contributed by atoms with Gasteiger partial charge in [0.2, 0.25) is 0 Å². The topological polar surface area (TPSA) is 0 Å². The molecule has 0 fully saturated rings. The van der Waals surface area contributed by atoms with E-state index in [0.717, 1.165) is 0 Å². The first-order valence-corrected chi connectivity index (χ1v) is 20.2. The third-order valence-electron chi connectivity index (χ3n) is 12.4. The molecule has 11 aromatic carbocycles. The quantitative estimate of drug-likeness (QED) is 0.165. The van der Waals surface area contributed by atoms with E-state index >= 15 is 0 Å². The van der Waals surface area contributed by atoms with Crippen LogP contribution in [0.25, 0.3) is 121 Å². The van der Waals surface area contributed by atoms with E-state index in [1.807, 2.05) is 0 Å². The van der Waals surface area contributed by atoms with Crippen LogP contribution in [0.5, 0.6) is 0 Å². The lowest BCUT2D eigenvalue weighted by Crippen LogP contribution is -1.99. The molecule has 0 amide bonds. The first-order valence-electron chi connectivity index (χ1n) is 20.2. The van der Waals surface area contributed by atoms with E-state index in [2.05, 4.69) is 218 Å². The Morgan fingerprint density at radius 3 is 0.966 bits per heavy atom. The molecule has 12 rings (SSSR count). The fraction of sp³-hybridized carbons (Fsp3) is 0. The highest BCUT2D eigenvalue weighted by Crippen LogP contribution is 2.60. The van der Waals surface area contributed by atoms with Gasteiger partial charge in [0.15, 0.2) is 0 Å². The molecule has 0 aromatic heterocycles. The minimum atomic E-state index is 1.22. The Bertz CT molecular complexity index is 3440. The molecule has 0 nitrogen and oxygen atoms in total. The van der Waals surface area contributed by atoms with E-state index in [4.69, 9.17) is 0 Å². The number of fused-ring (bicyclic) bond motifs is 6. The number of benzene rings is 11. The fourth-order valence-electron chi connectivity index (χ4n) is 10.0. The highest BCUT2D eigenvalue weighted by Gasteiger charge is 2.32. The second-order valence-corrected chi connectivity index (χ2v) is 15.4. The van der Waals surface area contributed by atoms with Crippen LogP contribution >= 0.6 is 0 Å². The molecule has 0 spiro atoms. The van der Waals surface area contributed by atoms with Crippen molar-refractivity contribution in [2.45, 2.75) is 0 Å². The Kier molecular flexibility index (Phi) is 7.33. The van der Waals surface area contributed by atoms with Crippen LogP contribution in [0.3, 0.4) is 0 Å². The van der Waals surface area contributed by atoms with Crippen LogP contribution in [0, 0.1) is 0 Å². The summed E-state index contributed by atoms with van der Waals surface area (Å²) in [6, 6.07) is 81.1. The van der Waals surface area contributed by atoms with Crippen LogP contribution in [0.4, 0.5) is 0 Å². The van der Waals surface area contributed by atoms with Crippen molar-refractivity contribution in [2.75, 3.05) is 0 Å². The van der Waals surface area contributed by atoms with Gasteiger partial charge in [-0.15, -0.1) is 0 Å². The van der Waals surface area contributed by atoms with E-state index in [9.17, 15) is 0 Å². The Labute approximate surface area is 337 Å². The molecule has 0 bridgehead atoms. The van der Waals surface area contributed by atoms with Gasteiger partial charge in [0.05, 0.1) is 0 Å². The maximum atomic E-state index is 2.37. The van der Waals surface area contributed by atoms with E-state index in [1.165, 1.54) is 121 Å². The minimum Gasteiger partial charge on any atom is -0.0616 e. The summed E-state index contributed by atoms with van der Waals surface area (Å²) in [4.78, 5) is 0. The first-order chi connectivity index (χ1) is 28.8. The predicted molar refractivity (Wildman–Crippen MR) is 248 cm³/mol. The van der Waals surface area contributed by atoms with Crippen molar-refractivity contribution in [3.8, 4) is 77.9 Å². The molecule has 58 heavy (non-hydrogen) atoms. The summed E-state index contributed by atoms with van der Waals surface area (Å²) in [5.41, 5.74) is 17.6. The number of hydrogen-bond donors (Lipinski definition) is 0. The Hall–Kier alpha value is -7.54. The molecule has 0 saturated heterocycles. The molecule has 0 heterocycles. The maximum Gasteiger partial charge on any atom is -0.000719 e. The van der Waals surface area contributed by atoms with E-state index < -0.39 is 0 Å². The summed E-state index contributed by atoms with van der Waals surface area (Å²) in [5, 5.41) is 10.1. The normalized spacial score (nSPS) is 11.8. The summed E-state index contributed by atoms with van der Waals surface area (Å²) in [6.45, 7) is 0. The van der Waals surface area contributed by atoms with Gasteiger partial charge < -0.3 is 0 Å². The highest BCUT2D eigenvalue weighted by atomic mass is 14.3. The molecule has 1 aliphatic carbocycles. The molecule has 11 aromatic rings. The molecule has 268 valence electrons. The Balaban J connectivity index is 1.33. The van der Waals surface area contributed by atoms with Crippen LogP contribution < -0.4 is 0 Å². The van der Waals surface area contributed by atoms with Crippen molar-refractivity contribution in [3.05, 3.63) is 218 Å². The summed E-state index contributed by atoms with van der Waals surface area (Å²) in [6.07, 6.45) is 0. The lowest BCUT2D eigenvalue weighted by molar-refractivity contribution is 1.57. The summed E-state index contributed by atoms with van der Waals surface area (Å²) in [5.74, 6) is 0. The van der Waals surface area contributed by atoms with Crippen LogP contribution in [-0.4, -0.2) is 0 Å². The molecule has 0 atom stereocenters. The van der Waals surface area contributed by atoms with Gasteiger partial charge in [-0.05, 0) is 121 Å². The lowest BCUT2D eigenvalue weighted by Gasteiger charge is -2.26. The molecule has 0 radical (unpaired) electrons. The van der Waals surface area contributed by atoms with Gasteiger partial charge >= 0.3 is 0 Å². The summed E-state index contributed by atoms with van der Waals surface area (Å²) >= 11 is 0. The second kappa shape index (κ2) is 13.0. The van der Waals surface area contributed by atoms with Gasteiger partial charge in [0, 0.05) is 0 Å². The lowest BCUT2D eigenvalue weighted by atomic mass is 9.76. The van der Waals surface area contributed by atoms with Crippen molar-refractivity contribution < 1.29 is 0 Å². The molecular weight excluding hydrogens is 697 g/mol. The molecule has 0 aliphatic heterocycles. The van der Waals surface area contributed by atoms with E-state index in [-0.39, 0.29) is 0 Å². The molecular formula is C58H36. The van der Waals surface area contributed by atoms with Crippen LogP contribution in [0.15, 0.2) is 218 Å². The zero-order chi connectivity index (χ0) is 38.2. The largest absolute Gasteiger partial charge is 0.0616 e. The van der Waals surface area contributed by atoms with Crippen LogP contribution in [0.2, 0.25) is 0 Å². The first kappa shape index (κ1) is 32.7. The third-order valence-corrected chi connectivity index (χ3v) is 12.4. The smallest absolute Gasteiger partial charge is 0.000719 e. The van der Waals surface area contributed by atoms with E-state index in [1.54, 1.807) is 0 Å². The predicted octanol–water partition coefficient (Wildman–Crippen LogP) is 16.3. The summed E-state index contributed by atoms with van der Waals surface area (Å²) < 4.78 is 0. The molecule has 0 N–H and O–H groups in total. The SMILES string of the molecule is c1ccc(-c2cccc3ccccc23)c(-c2c(-c3ccccc3-c3cccc4ccccc34)c3c4c(cccc4c2-c2cccc4ccccc24)-c2ccccc2-3)c1. The fourth-order valence-corrected chi connectivity index (χ4v) is 10.0. The molecule has 0 heteroatoms. The number of rotatable bonds is 5. The van der Waals surface area contributed by atoms with Crippen LogP contribution in [0.1, 0.15) is 0 Å². The van der Waals surface area contributed by atoms with E-state index in [0.29, 0.717) is 0 Å². The average molecular weight is 733 g/mol. The van der Waals surface area contributed by atoms with Crippen LogP contribution in [-0.2, 0) is 0 Å². The third kappa shape index (κ3) is 4.82. The Morgan fingerprint density at radius 1 is 0.155 bits per heavy atom. The monoisotopic (exact) mass is 732 g/mol. The minimum absolute atomic E-state index is 1.22. The second-order valence-electron chi connectivity index (χ2n) is 15.4. The summed E-state index contributed by atoms with van der Waals surface area (Å²) in [7, 11) is 0.